The fourth-order valence-corrected chi connectivity index (χ4v) is 1.61. The van der Waals surface area contributed by atoms with Crippen LogP contribution in [-0.2, 0) is 4.79 Å². The van der Waals surface area contributed by atoms with Crippen LogP contribution in [0.1, 0.15) is 26.7 Å². The van der Waals surface area contributed by atoms with E-state index in [1.807, 2.05) is 4.90 Å². The number of amides is 1. The van der Waals surface area contributed by atoms with Crippen molar-refractivity contribution in [3.05, 3.63) is 0 Å². The molecule has 64 valence electrons. The van der Waals surface area contributed by atoms with Crippen molar-refractivity contribution in [1.82, 2.24) is 4.90 Å². The van der Waals surface area contributed by atoms with Crippen LogP contribution >= 0.6 is 11.6 Å². The third kappa shape index (κ3) is 1.86. The van der Waals surface area contributed by atoms with Gasteiger partial charge < -0.3 is 4.90 Å². The second kappa shape index (κ2) is 3.44. The van der Waals surface area contributed by atoms with Crippen LogP contribution in [0.25, 0.3) is 0 Å². The number of hydrogen-bond donors (Lipinski definition) is 0. The normalized spacial score (nSPS) is 27.7. The van der Waals surface area contributed by atoms with E-state index in [0.717, 1.165) is 13.0 Å². The van der Waals surface area contributed by atoms with Crippen molar-refractivity contribution in [1.29, 1.82) is 0 Å². The van der Waals surface area contributed by atoms with Gasteiger partial charge in [0.1, 0.15) is 0 Å². The molecule has 1 fully saturated rings. The molecule has 0 spiro atoms. The predicted molar refractivity (Wildman–Crippen MR) is 45.7 cm³/mol. The van der Waals surface area contributed by atoms with E-state index in [0.29, 0.717) is 12.5 Å². The van der Waals surface area contributed by atoms with Crippen molar-refractivity contribution in [2.75, 3.05) is 6.54 Å². The van der Waals surface area contributed by atoms with Gasteiger partial charge in [0.2, 0.25) is 5.91 Å². The maximum atomic E-state index is 11.2. The molecule has 0 aliphatic carbocycles. The van der Waals surface area contributed by atoms with Crippen LogP contribution in [0.5, 0.6) is 0 Å². The minimum Gasteiger partial charge on any atom is -0.338 e. The largest absolute Gasteiger partial charge is 0.338 e. The molecule has 1 aliphatic heterocycles. The quantitative estimate of drug-likeness (QED) is 0.585. The highest BCUT2D eigenvalue weighted by Gasteiger charge is 2.30. The minimum atomic E-state index is 0.0384. The van der Waals surface area contributed by atoms with E-state index in [2.05, 4.69) is 13.8 Å². The Labute approximate surface area is 72.5 Å². The lowest BCUT2D eigenvalue weighted by Gasteiger charge is -2.22. The van der Waals surface area contributed by atoms with Gasteiger partial charge in [-0.05, 0) is 13.3 Å². The summed E-state index contributed by atoms with van der Waals surface area (Å²) >= 11 is 5.84. The molecule has 0 aromatic carbocycles. The molecule has 1 aliphatic rings. The number of halogens is 1. The molecule has 0 aromatic heterocycles. The number of hydrogen-bond acceptors (Lipinski definition) is 1. The molecular weight excluding hydrogens is 162 g/mol. The monoisotopic (exact) mass is 175 g/mol. The zero-order chi connectivity index (χ0) is 8.43. The molecule has 1 saturated heterocycles. The Morgan fingerprint density at radius 3 is 2.82 bits per heavy atom. The number of likely N-dealkylation sites (tertiary alicyclic amines) is 1. The highest BCUT2D eigenvalue weighted by molar-refractivity contribution is 6.22. The van der Waals surface area contributed by atoms with Crippen molar-refractivity contribution >= 4 is 17.5 Å². The molecule has 0 radical (unpaired) electrons. The fraction of sp³-hybridized carbons (Fsp3) is 0.875. The van der Waals surface area contributed by atoms with Gasteiger partial charge in [-0.25, -0.2) is 0 Å². The fourth-order valence-electron chi connectivity index (χ4n) is 1.33. The zero-order valence-corrected chi connectivity index (χ0v) is 7.77. The Morgan fingerprint density at radius 2 is 2.45 bits per heavy atom. The van der Waals surface area contributed by atoms with Crippen molar-refractivity contribution in [2.45, 2.75) is 38.1 Å². The number of nitrogens with zero attached hydrogens (tertiary/aromatic N) is 1. The summed E-state index contributed by atoms with van der Waals surface area (Å²) in [5.41, 5.74) is 0. The summed E-state index contributed by atoms with van der Waals surface area (Å²) in [5.74, 6) is 0.208. The minimum absolute atomic E-state index is 0.0384. The van der Waals surface area contributed by atoms with Gasteiger partial charge in [-0.2, -0.15) is 0 Å². The van der Waals surface area contributed by atoms with E-state index >= 15 is 0 Å². The van der Waals surface area contributed by atoms with Crippen molar-refractivity contribution in [3.8, 4) is 0 Å². The Morgan fingerprint density at radius 1 is 1.82 bits per heavy atom. The first-order valence-electron chi connectivity index (χ1n) is 4.08. The highest BCUT2D eigenvalue weighted by Crippen LogP contribution is 2.19. The third-order valence-electron chi connectivity index (χ3n) is 2.23. The molecule has 2 nitrogen and oxygen atoms in total. The summed E-state index contributed by atoms with van der Waals surface area (Å²) in [6, 6.07) is 0.353. The summed E-state index contributed by atoms with van der Waals surface area (Å²) in [6.07, 6.45) is 1.53. The van der Waals surface area contributed by atoms with Crippen LogP contribution in [0.4, 0.5) is 0 Å². The lowest BCUT2D eigenvalue weighted by molar-refractivity contribution is -0.129. The van der Waals surface area contributed by atoms with E-state index in [9.17, 15) is 4.79 Å². The van der Waals surface area contributed by atoms with E-state index in [4.69, 9.17) is 11.6 Å². The molecule has 1 amide bonds. The van der Waals surface area contributed by atoms with Gasteiger partial charge in [-0.15, -0.1) is 11.6 Å². The first-order valence-corrected chi connectivity index (χ1v) is 4.52. The lowest BCUT2D eigenvalue weighted by atomic mass is 10.2. The average molecular weight is 176 g/mol. The molecule has 0 aromatic rings. The zero-order valence-electron chi connectivity index (χ0n) is 7.01. The average Bonchev–Trinajstić information content (AvgIpc) is 2.28. The summed E-state index contributed by atoms with van der Waals surface area (Å²) in [7, 11) is 0. The van der Waals surface area contributed by atoms with Crippen molar-refractivity contribution in [3.63, 3.8) is 0 Å². The van der Waals surface area contributed by atoms with Crippen LogP contribution in [0.2, 0.25) is 0 Å². The summed E-state index contributed by atoms with van der Waals surface area (Å²) < 4.78 is 0. The molecule has 2 atom stereocenters. The van der Waals surface area contributed by atoms with E-state index in [1.54, 1.807) is 0 Å². The molecule has 0 N–H and O–H groups in total. The van der Waals surface area contributed by atoms with Gasteiger partial charge in [0.05, 0.1) is 5.38 Å². The van der Waals surface area contributed by atoms with Gasteiger partial charge in [0.15, 0.2) is 0 Å². The van der Waals surface area contributed by atoms with Crippen LogP contribution in [-0.4, -0.2) is 28.8 Å². The van der Waals surface area contributed by atoms with Crippen molar-refractivity contribution < 1.29 is 4.79 Å². The molecule has 0 bridgehead atoms. The van der Waals surface area contributed by atoms with E-state index in [-0.39, 0.29) is 11.3 Å². The first-order chi connectivity index (χ1) is 5.15. The molecular formula is C8H14ClNO. The standard InChI is InChI=1S/C8H14ClNO/c1-3-6(2)10-5-7(9)4-8(10)11/h6-7H,3-5H2,1-2H3. The van der Waals surface area contributed by atoms with Crippen LogP contribution in [0.15, 0.2) is 0 Å². The van der Waals surface area contributed by atoms with Crippen molar-refractivity contribution in [2.24, 2.45) is 0 Å². The Balaban J connectivity index is 2.52. The number of carbonyl (C=O) groups is 1. The third-order valence-corrected chi connectivity index (χ3v) is 2.53. The van der Waals surface area contributed by atoms with Gasteiger partial charge in [-0.3, -0.25) is 4.79 Å². The Bertz CT molecular complexity index is 160. The van der Waals surface area contributed by atoms with E-state index < -0.39 is 0 Å². The maximum absolute atomic E-state index is 11.2. The predicted octanol–water partition coefficient (Wildman–Crippen LogP) is 1.62. The van der Waals surface area contributed by atoms with Crippen LogP contribution in [0.3, 0.4) is 0 Å². The second-order valence-electron chi connectivity index (χ2n) is 3.10. The molecule has 1 rings (SSSR count). The molecule has 2 unspecified atom stereocenters. The smallest absolute Gasteiger partial charge is 0.224 e. The molecule has 0 saturated carbocycles. The van der Waals surface area contributed by atoms with Gasteiger partial charge in [0.25, 0.3) is 0 Å². The summed E-state index contributed by atoms with van der Waals surface area (Å²) in [6.45, 7) is 4.88. The van der Waals surface area contributed by atoms with Crippen LogP contribution < -0.4 is 0 Å². The SMILES string of the molecule is CCC(C)N1CC(Cl)CC1=O. The van der Waals surface area contributed by atoms with E-state index in [1.165, 1.54) is 0 Å². The second-order valence-corrected chi connectivity index (χ2v) is 3.72. The van der Waals surface area contributed by atoms with Gasteiger partial charge in [-0.1, -0.05) is 6.92 Å². The lowest BCUT2D eigenvalue weighted by Crippen LogP contribution is -2.33. The topological polar surface area (TPSA) is 20.3 Å². The number of carbonyl (C=O) groups excluding carboxylic acids is 1. The highest BCUT2D eigenvalue weighted by atomic mass is 35.5. The Hall–Kier alpha value is -0.240. The molecule has 11 heavy (non-hydrogen) atoms. The molecule has 3 heteroatoms. The number of alkyl halides is 1. The summed E-state index contributed by atoms with van der Waals surface area (Å²) in [5, 5.41) is 0.0384. The van der Waals surface area contributed by atoms with Gasteiger partial charge in [0, 0.05) is 19.0 Å². The van der Waals surface area contributed by atoms with Crippen LogP contribution in [0, 0.1) is 0 Å². The summed E-state index contributed by atoms with van der Waals surface area (Å²) in [4.78, 5) is 13.1. The Kier molecular flexibility index (Phi) is 2.77. The van der Waals surface area contributed by atoms with Gasteiger partial charge >= 0.3 is 0 Å². The first kappa shape index (κ1) is 8.85. The maximum Gasteiger partial charge on any atom is 0.224 e. The molecule has 1 heterocycles. The number of rotatable bonds is 2.